The summed E-state index contributed by atoms with van der Waals surface area (Å²) in [5.41, 5.74) is 2.98. The van der Waals surface area contributed by atoms with Gasteiger partial charge in [0.05, 0.1) is 0 Å². The lowest BCUT2D eigenvalue weighted by molar-refractivity contribution is 0.370. The first-order valence-corrected chi connectivity index (χ1v) is 7.63. The second-order valence-corrected chi connectivity index (χ2v) is 6.43. The van der Waals surface area contributed by atoms with Crippen LogP contribution in [0, 0.1) is 11.8 Å². The predicted octanol–water partition coefficient (Wildman–Crippen LogP) is 5.11. The summed E-state index contributed by atoms with van der Waals surface area (Å²) >= 11 is 3.62. The molecule has 0 spiro atoms. The Balaban J connectivity index is 1.94. The molecular formula is C18H15Br. The van der Waals surface area contributed by atoms with E-state index in [1.807, 2.05) is 0 Å². The molecule has 1 aromatic carbocycles. The topological polar surface area (TPSA) is 0 Å². The van der Waals surface area contributed by atoms with Crippen LogP contribution in [0.15, 0.2) is 71.3 Å². The van der Waals surface area contributed by atoms with Crippen LogP contribution in [0.5, 0.6) is 0 Å². The number of allylic oxidation sites excluding steroid dienone is 8. The van der Waals surface area contributed by atoms with Gasteiger partial charge in [0.2, 0.25) is 0 Å². The van der Waals surface area contributed by atoms with Crippen LogP contribution >= 0.6 is 15.9 Å². The van der Waals surface area contributed by atoms with Gasteiger partial charge in [0.15, 0.2) is 0 Å². The summed E-state index contributed by atoms with van der Waals surface area (Å²) in [6, 6.07) is 6.77. The molecule has 0 fully saturated rings. The van der Waals surface area contributed by atoms with Crippen LogP contribution in [0.1, 0.15) is 23.0 Å². The fourth-order valence-electron chi connectivity index (χ4n) is 3.74. The molecule has 0 saturated carbocycles. The van der Waals surface area contributed by atoms with E-state index in [2.05, 4.69) is 82.7 Å². The standard InChI is InChI=1S/C18H15Br/c19-12-9-10-17-15-7-2-1-5-13(15)14-6-3-4-8-16(14)18(17)11-12/h1-11,13-16H. The van der Waals surface area contributed by atoms with Crippen molar-refractivity contribution in [2.24, 2.45) is 11.8 Å². The van der Waals surface area contributed by atoms with Crippen LogP contribution in [0.2, 0.25) is 0 Å². The number of hydrogen-bond acceptors (Lipinski definition) is 0. The monoisotopic (exact) mass is 310 g/mol. The summed E-state index contributed by atoms with van der Waals surface area (Å²) < 4.78 is 1.18. The van der Waals surface area contributed by atoms with E-state index in [9.17, 15) is 0 Å². The van der Waals surface area contributed by atoms with Crippen molar-refractivity contribution in [3.8, 4) is 0 Å². The molecule has 0 heterocycles. The third kappa shape index (κ3) is 1.72. The second-order valence-electron chi connectivity index (χ2n) is 5.52. The van der Waals surface area contributed by atoms with Gasteiger partial charge in [-0.15, -0.1) is 0 Å². The fourth-order valence-corrected chi connectivity index (χ4v) is 4.12. The van der Waals surface area contributed by atoms with E-state index in [1.54, 1.807) is 0 Å². The highest BCUT2D eigenvalue weighted by Gasteiger charge is 2.39. The molecular weight excluding hydrogens is 296 g/mol. The van der Waals surface area contributed by atoms with Crippen molar-refractivity contribution in [3.05, 3.63) is 82.4 Å². The Morgan fingerprint density at radius 2 is 1.26 bits per heavy atom. The van der Waals surface area contributed by atoms with Crippen LogP contribution in [0.25, 0.3) is 0 Å². The minimum absolute atomic E-state index is 0.523. The molecule has 0 saturated heterocycles. The molecule has 1 aromatic rings. The van der Waals surface area contributed by atoms with Gasteiger partial charge in [-0.2, -0.15) is 0 Å². The zero-order valence-electron chi connectivity index (χ0n) is 10.5. The normalized spacial score (nSPS) is 33.7. The summed E-state index contributed by atoms with van der Waals surface area (Å²) in [5, 5.41) is 0. The van der Waals surface area contributed by atoms with Gasteiger partial charge >= 0.3 is 0 Å². The fraction of sp³-hybridized carbons (Fsp3) is 0.222. The minimum atomic E-state index is 0.523. The first-order valence-electron chi connectivity index (χ1n) is 6.84. The number of hydrogen-bond donors (Lipinski definition) is 0. The molecule has 0 aliphatic heterocycles. The molecule has 3 aliphatic rings. The van der Waals surface area contributed by atoms with Gasteiger partial charge in [-0.05, 0) is 35.1 Å². The van der Waals surface area contributed by atoms with Gasteiger partial charge in [0.1, 0.15) is 0 Å². The third-order valence-electron chi connectivity index (χ3n) is 4.57. The maximum absolute atomic E-state index is 3.62. The SMILES string of the molecule is Brc1ccc2c(c1)C1C=CC=CC1C1C=CC=CC21. The van der Waals surface area contributed by atoms with Crippen LogP contribution in [-0.2, 0) is 0 Å². The largest absolute Gasteiger partial charge is 0.0799 e. The smallest absolute Gasteiger partial charge is 0.0178 e. The predicted molar refractivity (Wildman–Crippen MR) is 83.2 cm³/mol. The molecule has 0 nitrogen and oxygen atoms in total. The van der Waals surface area contributed by atoms with E-state index in [-0.39, 0.29) is 0 Å². The van der Waals surface area contributed by atoms with E-state index in [1.165, 1.54) is 15.6 Å². The first-order chi connectivity index (χ1) is 9.34. The van der Waals surface area contributed by atoms with E-state index in [0.29, 0.717) is 23.7 Å². The number of rotatable bonds is 0. The summed E-state index contributed by atoms with van der Waals surface area (Å²) in [7, 11) is 0. The molecule has 1 heteroatoms. The summed E-state index contributed by atoms with van der Waals surface area (Å²) in [5.74, 6) is 2.25. The Bertz CT molecular complexity index is 633. The van der Waals surface area contributed by atoms with Gasteiger partial charge in [0.25, 0.3) is 0 Å². The number of benzene rings is 1. The van der Waals surface area contributed by atoms with E-state index >= 15 is 0 Å². The Morgan fingerprint density at radius 3 is 1.95 bits per heavy atom. The van der Waals surface area contributed by atoms with Gasteiger partial charge in [0, 0.05) is 16.3 Å². The maximum Gasteiger partial charge on any atom is 0.0178 e. The quantitative estimate of drug-likeness (QED) is 0.624. The highest BCUT2D eigenvalue weighted by molar-refractivity contribution is 9.10. The van der Waals surface area contributed by atoms with E-state index in [4.69, 9.17) is 0 Å². The van der Waals surface area contributed by atoms with Crippen molar-refractivity contribution >= 4 is 15.9 Å². The Morgan fingerprint density at radius 1 is 0.684 bits per heavy atom. The zero-order chi connectivity index (χ0) is 12.8. The van der Waals surface area contributed by atoms with E-state index in [0.717, 1.165) is 0 Å². The summed E-state index contributed by atoms with van der Waals surface area (Å²) in [6.07, 6.45) is 18.3. The van der Waals surface area contributed by atoms with Crippen molar-refractivity contribution in [2.75, 3.05) is 0 Å². The van der Waals surface area contributed by atoms with Crippen molar-refractivity contribution in [3.63, 3.8) is 0 Å². The molecule has 19 heavy (non-hydrogen) atoms. The highest BCUT2D eigenvalue weighted by atomic mass is 79.9. The van der Waals surface area contributed by atoms with Crippen molar-refractivity contribution < 1.29 is 0 Å². The van der Waals surface area contributed by atoms with Gasteiger partial charge in [-0.1, -0.05) is 70.6 Å². The zero-order valence-corrected chi connectivity index (χ0v) is 12.1. The molecule has 0 N–H and O–H groups in total. The minimum Gasteiger partial charge on any atom is -0.0799 e. The van der Waals surface area contributed by atoms with Crippen molar-refractivity contribution in [1.29, 1.82) is 0 Å². The molecule has 0 radical (unpaired) electrons. The van der Waals surface area contributed by atoms with Crippen LogP contribution in [0.3, 0.4) is 0 Å². The Labute approximate surface area is 122 Å². The van der Waals surface area contributed by atoms with Gasteiger partial charge < -0.3 is 0 Å². The number of halogens is 1. The molecule has 94 valence electrons. The molecule has 4 rings (SSSR count). The molecule has 3 aliphatic carbocycles. The average molecular weight is 311 g/mol. The van der Waals surface area contributed by atoms with Crippen molar-refractivity contribution in [2.45, 2.75) is 11.8 Å². The van der Waals surface area contributed by atoms with Gasteiger partial charge in [-0.3, -0.25) is 0 Å². The molecule has 0 aromatic heterocycles. The van der Waals surface area contributed by atoms with Gasteiger partial charge in [-0.25, -0.2) is 0 Å². The third-order valence-corrected chi connectivity index (χ3v) is 5.06. The molecule has 0 bridgehead atoms. The molecule has 4 unspecified atom stereocenters. The highest BCUT2D eigenvalue weighted by Crippen LogP contribution is 2.51. The Hall–Kier alpha value is -1.34. The lowest BCUT2D eigenvalue weighted by Crippen LogP contribution is -2.31. The maximum atomic E-state index is 3.62. The summed E-state index contributed by atoms with van der Waals surface area (Å²) in [6.45, 7) is 0. The first kappa shape index (κ1) is 11.5. The van der Waals surface area contributed by atoms with Crippen molar-refractivity contribution in [1.82, 2.24) is 0 Å². The second kappa shape index (κ2) is 4.35. The average Bonchev–Trinajstić information content (AvgIpc) is 2.47. The van der Waals surface area contributed by atoms with E-state index < -0.39 is 0 Å². The number of fused-ring (bicyclic) bond motifs is 6. The summed E-state index contributed by atoms with van der Waals surface area (Å²) in [4.78, 5) is 0. The molecule has 0 amide bonds. The Kier molecular flexibility index (Phi) is 2.63. The lowest BCUT2D eigenvalue weighted by atomic mass is 9.62. The van der Waals surface area contributed by atoms with Crippen LogP contribution < -0.4 is 0 Å². The lowest BCUT2D eigenvalue weighted by Gasteiger charge is -2.42. The van der Waals surface area contributed by atoms with Crippen LogP contribution in [0.4, 0.5) is 0 Å². The van der Waals surface area contributed by atoms with Crippen LogP contribution in [-0.4, -0.2) is 0 Å². The molecule has 4 atom stereocenters.